The highest BCUT2D eigenvalue weighted by Crippen LogP contribution is 2.41. The smallest absolute Gasteiger partial charge is 0.295 e. The number of nitrogens with zero attached hydrogens (tertiary/aromatic N) is 1. The van der Waals surface area contributed by atoms with E-state index in [1.165, 1.54) is 11.2 Å². The summed E-state index contributed by atoms with van der Waals surface area (Å²) in [6.45, 7) is 1.11. The molecule has 176 valence electrons. The molecule has 1 unspecified atom stereocenters. The predicted octanol–water partition coefficient (Wildman–Crippen LogP) is 4.20. The molecule has 0 bridgehead atoms. The van der Waals surface area contributed by atoms with Gasteiger partial charge in [0.05, 0.1) is 11.8 Å². The zero-order valence-corrected chi connectivity index (χ0v) is 18.7. The first-order valence-corrected chi connectivity index (χ1v) is 11.4. The van der Waals surface area contributed by atoms with Crippen LogP contribution in [0.5, 0.6) is 11.5 Å². The molecule has 2 aliphatic rings. The van der Waals surface area contributed by atoms with Gasteiger partial charge in [-0.15, -0.1) is 0 Å². The van der Waals surface area contributed by atoms with Gasteiger partial charge in [-0.2, -0.15) is 0 Å². The molecule has 2 aromatic heterocycles. The first-order valence-electron chi connectivity index (χ1n) is 11.4. The van der Waals surface area contributed by atoms with Crippen LogP contribution in [0.25, 0.3) is 16.7 Å². The lowest BCUT2D eigenvalue weighted by atomic mass is 9.99. The zero-order chi connectivity index (χ0) is 23.9. The number of ether oxygens (including phenoxy) is 2. The van der Waals surface area contributed by atoms with Crippen LogP contribution in [0.4, 0.5) is 0 Å². The third-order valence-electron chi connectivity index (χ3n) is 6.47. The minimum absolute atomic E-state index is 0.0134. The van der Waals surface area contributed by atoms with Gasteiger partial charge in [0.2, 0.25) is 0 Å². The highest BCUT2D eigenvalue weighted by Gasteiger charge is 2.47. The molecular formula is C27H22N2O6. The third kappa shape index (κ3) is 3.54. The minimum Gasteiger partial charge on any atom is -0.507 e. The molecule has 8 heteroatoms. The predicted molar refractivity (Wildman–Crippen MR) is 127 cm³/mol. The number of ketones is 1. The number of amides is 1. The molecular weight excluding hydrogens is 448 g/mol. The highest BCUT2D eigenvalue weighted by atomic mass is 16.6. The van der Waals surface area contributed by atoms with E-state index < -0.39 is 17.7 Å². The Hall–Kier alpha value is -4.46. The molecule has 8 nitrogen and oxygen atoms in total. The number of H-pyrrole nitrogens is 1. The maximum Gasteiger partial charge on any atom is 0.295 e. The number of aliphatic hydroxyl groups excluding tert-OH is 1. The molecule has 4 heterocycles. The lowest BCUT2D eigenvalue weighted by Gasteiger charge is -2.23. The van der Waals surface area contributed by atoms with Crippen molar-refractivity contribution in [1.82, 2.24) is 9.88 Å². The van der Waals surface area contributed by atoms with Crippen LogP contribution < -0.4 is 9.47 Å². The summed E-state index contributed by atoms with van der Waals surface area (Å²) >= 11 is 0. The van der Waals surface area contributed by atoms with Crippen molar-refractivity contribution in [3.05, 3.63) is 89.5 Å². The molecule has 1 fully saturated rings. The Morgan fingerprint density at radius 3 is 2.69 bits per heavy atom. The lowest BCUT2D eigenvalue weighted by Crippen LogP contribution is -2.31. The van der Waals surface area contributed by atoms with Crippen molar-refractivity contribution in [2.75, 3.05) is 19.8 Å². The average molecular weight is 470 g/mol. The number of furan rings is 1. The van der Waals surface area contributed by atoms with Crippen LogP contribution in [0, 0.1) is 0 Å². The van der Waals surface area contributed by atoms with E-state index in [0.717, 1.165) is 16.5 Å². The average Bonchev–Trinajstić information content (AvgIpc) is 3.62. The fourth-order valence-corrected chi connectivity index (χ4v) is 4.78. The molecule has 4 aromatic rings. The van der Waals surface area contributed by atoms with Crippen molar-refractivity contribution in [1.29, 1.82) is 0 Å². The molecule has 35 heavy (non-hydrogen) atoms. The number of nitrogens with one attached hydrogen (secondary N) is 1. The number of para-hydroxylation sites is 1. The number of carbonyl (C=O) groups excluding carboxylic acids is 2. The van der Waals surface area contributed by atoms with Crippen LogP contribution in [0.1, 0.15) is 22.9 Å². The number of aliphatic hydroxyl groups is 1. The molecule has 6 rings (SSSR count). The molecule has 1 atom stereocenters. The molecule has 0 saturated carbocycles. The summed E-state index contributed by atoms with van der Waals surface area (Å²) in [6, 6.07) is 15.4. The summed E-state index contributed by atoms with van der Waals surface area (Å²) in [5, 5.41) is 12.3. The van der Waals surface area contributed by atoms with Gasteiger partial charge in [-0.25, -0.2) is 0 Å². The summed E-state index contributed by atoms with van der Waals surface area (Å²) in [6.07, 6.45) is 3.93. The number of Topliss-reactive ketones (excluding diaryl/α,β-unsaturated/α-hetero) is 1. The van der Waals surface area contributed by atoms with Crippen LogP contribution in [0.2, 0.25) is 0 Å². The fourth-order valence-electron chi connectivity index (χ4n) is 4.78. The second-order valence-electron chi connectivity index (χ2n) is 8.48. The van der Waals surface area contributed by atoms with E-state index in [9.17, 15) is 14.7 Å². The number of aromatic nitrogens is 1. The fraction of sp³-hybridized carbons (Fsp3) is 0.185. The summed E-state index contributed by atoms with van der Waals surface area (Å²) in [4.78, 5) is 31.0. The second-order valence-corrected chi connectivity index (χ2v) is 8.48. The Kier molecular flexibility index (Phi) is 5.06. The van der Waals surface area contributed by atoms with Crippen molar-refractivity contribution >= 4 is 28.4 Å². The maximum absolute atomic E-state index is 13.2. The SMILES string of the molecule is O=C1C(=O)N(CCc2c[nH]c3ccccc23)C(c2ccco2)/C1=C(/O)c1ccc2c(c1)OCCO2. The number of hydrogen-bond donors (Lipinski definition) is 2. The van der Waals surface area contributed by atoms with E-state index in [1.54, 1.807) is 30.3 Å². The number of likely N-dealkylation sites (tertiary alicyclic amines) is 1. The molecule has 1 amide bonds. The normalized spacial score (nSPS) is 19.0. The van der Waals surface area contributed by atoms with Crippen LogP contribution in [-0.4, -0.2) is 46.4 Å². The number of aromatic amines is 1. The summed E-state index contributed by atoms with van der Waals surface area (Å²) in [5.74, 6) is -0.264. The Bertz CT molecular complexity index is 1470. The van der Waals surface area contributed by atoms with Crippen molar-refractivity contribution in [3.8, 4) is 11.5 Å². The number of fused-ring (bicyclic) bond motifs is 2. The number of hydrogen-bond acceptors (Lipinski definition) is 6. The number of carbonyl (C=O) groups is 2. The maximum atomic E-state index is 13.2. The van der Waals surface area contributed by atoms with Gasteiger partial charge in [-0.05, 0) is 48.4 Å². The molecule has 2 aliphatic heterocycles. The van der Waals surface area contributed by atoms with Crippen LogP contribution in [-0.2, 0) is 16.0 Å². The number of rotatable bonds is 5. The Morgan fingerprint density at radius 2 is 1.86 bits per heavy atom. The molecule has 2 N–H and O–H groups in total. The topological polar surface area (TPSA) is 105 Å². The van der Waals surface area contributed by atoms with E-state index in [0.29, 0.717) is 42.5 Å². The summed E-state index contributed by atoms with van der Waals surface area (Å²) in [7, 11) is 0. The van der Waals surface area contributed by atoms with Gasteiger partial charge in [0.1, 0.15) is 30.8 Å². The van der Waals surface area contributed by atoms with Crippen molar-refractivity contribution in [3.63, 3.8) is 0 Å². The van der Waals surface area contributed by atoms with Gasteiger partial charge in [0.25, 0.3) is 11.7 Å². The Labute approximate surface area is 200 Å². The highest BCUT2D eigenvalue weighted by molar-refractivity contribution is 6.46. The first-order chi connectivity index (χ1) is 17.1. The Balaban J connectivity index is 1.38. The van der Waals surface area contributed by atoms with E-state index in [-0.39, 0.29) is 17.9 Å². The first kappa shape index (κ1) is 21.1. The quantitative estimate of drug-likeness (QED) is 0.257. The van der Waals surface area contributed by atoms with Gasteiger partial charge >= 0.3 is 0 Å². The van der Waals surface area contributed by atoms with Gasteiger partial charge in [-0.1, -0.05) is 18.2 Å². The van der Waals surface area contributed by atoms with E-state index in [4.69, 9.17) is 13.9 Å². The van der Waals surface area contributed by atoms with Crippen LogP contribution in [0.15, 0.2) is 77.0 Å². The van der Waals surface area contributed by atoms with E-state index in [2.05, 4.69) is 4.98 Å². The van der Waals surface area contributed by atoms with Crippen molar-refractivity contribution < 1.29 is 28.6 Å². The second kappa shape index (κ2) is 8.39. The monoisotopic (exact) mass is 470 g/mol. The minimum atomic E-state index is -0.844. The van der Waals surface area contributed by atoms with Gasteiger partial charge in [0, 0.05) is 29.2 Å². The standard InChI is InChI=1S/C27H22N2O6/c30-25(16-7-8-20-22(14-16)35-13-12-34-20)23-24(21-6-3-11-33-21)29(27(32)26(23)31)10-9-17-15-28-19-5-2-1-4-18(17)19/h1-8,11,14-15,24,28,30H,9-10,12-13H2/b25-23-. The number of benzene rings is 2. The molecule has 2 aromatic carbocycles. The van der Waals surface area contributed by atoms with Gasteiger partial charge < -0.3 is 28.9 Å². The Morgan fingerprint density at radius 1 is 1.03 bits per heavy atom. The zero-order valence-electron chi connectivity index (χ0n) is 18.7. The lowest BCUT2D eigenvalue weighted by molar-refractivity contribution is -0.140. The van der Waals surface area contributed by atoms with Crippen molar-refractivity contribution in [2.45, 2.75) is 12.5 Å². The summed E-state index contributed by atoms with van der Waals surface area (Å²) in [5.41, 5.74) is 2.39. The molecule has 0 radical (unpaired) electrons. The van der Waals surface area contributed by atoms with Crippen LogP contribution in [0.3, 0.4) is 0 Å². The van der Waals surface area contributed by atoms with Gasteiger partial charge in [-0.3, -0.25) is 9.59 Å². The van der Waals surface area contributed by atoms with Gasteiger partial charge in [0.15, 0.2) is 11.5 Å². The molecule has 0 spiro atoms. The van der Waals surface area contributed by atoms with E-state index in [1.807, 2.05) is 30.5 Å². The third-order valence-corrected chi connectivity index (χ3v) is 6.47. The summed E-state index contributed by atoms with van der Waals surface area (Å²) < 4.78 is 16.8. The molecule has 0 aliphatic carbocycles. The van der Waals surface area contributed by atoms with E-state index >= 15 is 0 Å². The largest absolute Gasteiger partial charge is 0.507 e. The van der Waals surface area contributed by atoms with Crippen molar-refractivity contribution in [2.24, 2.45) is 0 Å². The van der Waals surface area contributed by atoms with Crippen LogP contribution >= 0.6 is 0 Å². The molecule has 1 saturated heterocycles.